The number of aryl methyl sites for hydroxylation is 1. The Bertz CT molecular complexity index is 675. The first-order chi connectivity index (χ1) is 10.2. The van der Waals surface area contributed by atoms with Crippen molar-refractivity contribution in [3.63, 3.8) is 0 Å². The molecule has 0 amide bonds. The average Bonchev–Trinajstić information content (AvgIpc) is 2.52. The highest BCUT2D eigenvalue weighted by atomic mass is 19.1. The number of hydrogen-bond acceptors (Lipinski definition) is 1. The molecule has 21 heavy (non-hydrogen) atoms. The molecule has 0 aliphatic rings. The Morgan fingerprint density at radius 2 is 1.71 bits per heavy atom. The maximum atomic E-state index is 13.4. The molecule has 0 saturated heterocycles. The quantitative estimate of drug-likeness (QED) is 0.600. The Kier molecular flexibility index (Phi) is 5.29. The summed E-state index contributed by atoms with van der Waals surface area (Å²) in [6, 6.07) is 12.5. The summed E-state index contributed by atoms with van der Waals surface area (Å²) in [4.78, 5) is 10.5. The Hall–Kier alpha value is -2.40. The number of unbranched alkanes of at least 4 members (excludes halogenated alkanes) is 1. The summed E-state index contributed by atoms with van der Waals surface area (Å²) in [6.45, 7) is 2.18. The first-order valence-corrected chi connectivity index (χ1v) is 7.08. The van der Waals surface area contributed by atoms with Crippen LogP contribution in [0, 0.1) is 17.7 Å². The van der Waals surface area contributed by atoms with Crippen LogP contribution in [0.1, 0.15) is 46.8 Å². The molecule has 0 N–H and O–H groups in total. The lowest BCUT2D eigenvalue weighted by atomic mass is 10.1. The van der Waals surface area contributed by atoms with Crippen molar-refractivity contribution >= 4 is 6.29 Å². The first kappa shape index (κ1) is 15.0. The van der Waals surface area contributed by atoms with Crippen LogP contribution in [-0.2, 0) is 6.42 Å². The van der Waals surface area contributed by atoms with Crippen molar-refractivity contribution in [1.29, 1.82) is 0 Å². The predicted molar refractivity (Wildman–Crippen MR) is 82.8 cm³/mol. The highest BCUT2D eigenvalue weighted by molar-refractivity contribution is 5.75. The fourth-order valence-corrected chi connectivity index (χ4v) is 1.98. The van der Waals surface area contributed by atoms with Gasteiger partial charge in [0.15, 0.2) is 6.29 Å². The summed E-state index contributed by atoms with van der Waals surface area (Å²) in [7, 11) is 0. The lowest BCUT2D eigenvalue weighted by Gasteiger charge is -1.99. The van der Waals surface area contributed by atoms with Crippen LogP contribution in [0.3, 0.4) is 0 Å². The highest BCUT2D eigenvalue weighted by Gasteiger charge is 2.00. The van der Waals surface area contributed by atoms with E-state index in [1.165, 1.54) is 30.5 Å². The molecular formula is C19H17FO. The average molecular weight is 280 g/mol. The van der Waals surface area contributed by atoms with Crippen molar-refractivity contribution in [3.8, 4) is 11.8 Å². The monoisotopic (exact) mass is 280 g/mol. The van der Waals surface area contributed by atoms with Crippen LogP contribution in [-0.4, -0.2) is 6.29 Å². The Labute approximate surface area is 124 Å². The maximum absolute atomic E-state index is 13.4. The van der Waals surface area contributed by atoms with Gasteiger partial charge < -0.3 is 0 Å². The number of carbonyl (C=O) groups excluding carboxylic acids is 1. The molecule has 0 unspecified atom stereocenters. The zero-order chi connectivity index (χ0) is 15.1. The fraction of sp³-hybridized carbons (Fsp3) is 0.211. The topological polar surface area (TPSA) is 17.1 Å². The second-order valence-electron chi connectivity index (χ2n) is 4.90. The number of benzene rings is 2. The molecule has 2 aromatic rings. The number of carbonyl (C=O) groups is 1. The summed E-state index contributed by atoms with van der Waals surface area (Å²) >= 11 is 0. The highest BCUT2D eigenvalue weighted by Crippen LogP contribution is 2.09. The summed E-state index contributed by atoms with van der Waals surface area (Å²) in [5.74, 6) is 5.38. The molecule has 106 valence electrons. The smallest absolute Gasteiger partial charge is 0.152 e. The van der Waals surface area contributed by atoms with E-state index in [4.69, 9.17) is 0 Å². The van der Waals surface area contributed by atoms with Crippen LogP contribution in [0.5, 0.6) is 0 Å². The SMILES string of the molecule is CCCCc1ccc(C#Cc2ccc(C=O)c(F)c2)cc1. The maximum Gasteiger partial charge on any atom is 0.152 e. The van der Waals surface area contributed by atoms with Crippen LogP contribution in [0.4, 0.5) is 4.39 Å². The zero-order valence-electron chi connectivity index (χ0n) is 12.0. The minimum atomic E-state index is -0.535. The summed E-state index contributed by atoms with van der Waals surface area (Å²) < 4.78 is 13.4. The van der Waals surface area contributed by atoms with E-state index in [-0.39, 0.29) is 5.56 Å². The van der Waals surface area contributed by atoms with E-state index < -0.39 is 5.82 Å². The molecule has 0 saturated carbocycles. The third-order valence-electron chi connectivity index (χ3n) is 3.25. The van der Waals surface area contributed by atoms with Crippen LogP contribution in [0.25, 0.3) is 0 Å². The molecule has 2 rings (SSSR count). The van der Waals surface area contributed by atoms with Gasteiger partial charge in [0.2, 0.25) is 0 Å². The summed E-state index contributed by atoms with van der Waals surface area (Å²) in [5, 5.41) is 0. The molecule has 0 heterocycles. The molecule has 1 nitrogen and oxygen atoms in total. The van der Waals surface area contributed by atoms with Crippen molar-refractivity contribution < 1.29 is 9.18 Å². The fourth-order valence-electron chi connectivity index (χ4n) is 1.98. The van der Waals surface area contributed by atoms with E-state index >= 15 is 0 Å². The Morgan fingerprint density at radius 3 is 2.33 bits per heavy atom. The van der Waals surface area contributed by atoms with Crippen LogP contribution in [0.15, 0.2) is 42.5 Å². The van der Waals surface area contributed by atoms with Gasteiger partial charge in [-0.15, -0.1) is 0 Å². The van der Waals surface area contributed by atoms with Gasteiger partial charge in [-0.05, 0) is 48.7 Å². The molecule has 0 spiro atoms. The second kappa shape index (κ2) is 7.40. The summed E-state index contributed by atoms with van der Waals surface area (Å²) in [5.41, 5.74) is 2.83. The molecule has 0 aliphatic heterocycles. The van der Waals surface area contributed by atoms with E-state index in [0.29, 0.717) is 11.8 Å². The van der Waals surface area contributed by atoms with E-state index in [2.05, 4.69) is 30.9 Å². The van der Waals surface area contributed by atoms with Gasteiger partial charge in [0.1, 0.15) is 5.82 Å². The molecule has 0 fully saturated rings. The van der Waals surface area contributed by atoms with Crippen LogP contribution < -0.4 is 0 Å². The van der Waals surface area contributed by atoms with Gasteiger partial charge in [-0.25, -0.2) is 4.39 Å². The third-order valence-corrected chi connectivity index (χ3v) is 3.25. The number of aldehydes is 1. The largest absolute Gasteiger partial charge is 0.298 e. The van der Waals surface area contributed by atoms with Gasteiger partial charge in [0, 0.05) is 11.1 Å². The van der Waals surface area contributed by atoms with Crippen molar-refractivity contribution in [2.24, 2.45) is 0 Å². The standard InChI is InChI=1S/C19H17FO/c1-2-3-4-15-5-7-16(8-6-15)9-10-17-11-12-18(14-21)19(20)13-17/h5-8,11-14H,2-4H2,1H3. The van der Waals surface area contributed by atoms with Crippen molar-refractivity contribution in [3.05, 3.63) is 70.5 Å². The van der Waals surface area contributed by atoms with Gasteiger partial charge in [-0.2, -0.15) is 0 Å². The van der Waals surface area contributed by atoms with Gasteiger partial charge >= 0.3 is 0 Å². The molecule has 2 aromatic carbocycles. The number of rotatable bonds is 4. The first-order valence-electron chi connectivity index (χ1n) is 7.08. The second-order valence-corrected chi connectivity index (χ2v) is 4.90. The minimum absolute atomic E-state index is 0.0563. The normalized spacial score (nSPS) is 9.81. The number of hydrogen-bond donors (Lipinski definition) is 0. The molecule has 0 bridgehead atoms. The molecule has 0 atom stereocenters. The molecule has 0 aromatic heterocycles. The third kappa shape index (κ3) is 4.29. The van der Waals surface area contributed by atoms with Gasteiger partial charge in [-0.3, -0.25) is 4.79 Å². The van der Waals surface area contributed by atoms with E-state index in [1.807, 2.05) is 12.1 Å². The van der Waals surface area contributed by atoms with Crippen LogP contribution in [0.2, 0.25) is 0 Å². The van der Waals surface area contributed by atoms with Gasteiger partial charge in [-0.1, -0.05) is 37.3 Å². The zero-order valence-corrected chi connectivity index (χ0v) is 12.0. The molecular weight excluding hydrogens is 263 g/mol. The van der Waals surface area contributed by atoms with Crippen molar-refractivity contribution in [2.45, 2.75) is 26.2 Å². The van der Waals surface area contributed by atoms with E-state index in [9.17, 15) is 9.18 Å². The lowest BCUT2D eigenvalue weighted by Crippen LogP contribution is -1.88. The molecule has 0 radical (unpaired) electrons. The Balaban J connectivity index is 2.11. The number of halogens is 1. The van der Waals surface area contributed by atoms with Gasteiger partial charge in [0.05, 0.1) is 5.56 Å². The molecule has 0 aliphatic carbocycles. The van der Waals surface area contributed by atoms with Gasteiger partial charge in [0.25, 0.3) is 0 Å². The van der Waals surface area contributed by atoms with E-state index in [0.717, 1.165) is 12.0 Å². The molecule has 2 heteroatoms. The van der Waals surface area contributed by atoms with E-state index in [1.54, 1.807) is 6.07 Å². The summed E-state index contributed by atoms with van der Waals surface area (Å²) in [6.07, 6.45) is 3.96. The van der Waals surface area contributed by atoms with Crippen molar-refractivity contribution in [2.75, 3.05) is 0 Å². The van der Waals surface area contributed by atoms with Crippen LogP contribution >= 0.6 is 0 Å². The predicted octanol–water partition coefficient (Wildman–Crippen LogP) is 4.38. The minimum Gasteiger partial charge on any atom is -0.298 e. The van der Waals surface area contributed by atoms with Crippen molar-refractivity contribution in [1.82, 2.24) is 0 Å². The Morgan fingerprint density at radius 1 is 1.05 bits per heavy atom. The lowest BCUT2D eigenvalue weighted by molar-refractivity contribution is 0.112.